The molecule has 0 bridgehead atoms. The van der Waals surface area contributed by atoms with Gasteiger partial charge in [0.25, 0.3) is 5.69 Å². The molecule has 0 saturated carbocycles. The average Bonchev–Trinajstić information content (AvgIpc) is 2.82. The van der Waals surface area contributed by atoms with E-state index >= 15 is 0 Å². The molecule has 8 heteroatoms. The monoisotopic (exact) mass is 433 g/mol. The van der Waals surface area contributed by atoms with E-state index in [9.17, 15) is 24.5 Å². The van der Waals surface area contributed by atoms with Crippen LogP contribution in [0.1, 0.15) is 33.6 Å². The van der Waals surface area contributed by atoms with Gasteiger partial charge in [0.15, 0.2) is 18.2 Å². The Hall–Kier alpha value is -4.33. The Morgan fingerprint density at radius 3 is 1.88 bits per heavy atom. The average molecular weight is 433 g/mol. The lowest BCUT2D eigenvalue weighted by molar-refractivity contribution is -0.384. The second kappa shape index (κ2) is 10.6. The third kappa shape index (κ3) is 6.33. The van der Waals surface area contributed by atoms with Gasteiger partial charge in [-0.05, 0) is 36.4 Å². The number of rotatable bonds is 10. The fraction of sp³-hybridized carbons (Fsp3) is 0.125. The first-order valence-electron chi connectivity index (χ1n) is 9.72. The van der Waals surface area contributed by atoms with Crippen molar-refractivity contribution in [2.24, 2.45) is 0 Å². The highest BCUT2D eigenvalue weighted by Gasteiger charge is 2.13. The Balaban J connectivity index is 1.45. The first kappa shape index (κ1) is 22.4. The van der Waals surface area contributed by atoms with E-state index in [1.54, 1.807) is 42.5 Å². The molecule has 0 fully saturated rings. The van der Waals surface area contributed by atoms with Crippen LogP contribution in [0, 0.1) is 10.1 Å². The molecule has 0 heterocycles. The zero-order valence-corrected chi connectivity index (χ0v) is 16.9. The summed E-state index contributed by atoms with van der Waals surface area (Å²) in [6.45, 7) is -0.430. The van der Waals surface area contributed by atoms with Crippen molar-refractivity contribution in [3.05, 3.63) is 100 Å². The van der Waals surface area contributed by atoms with Gasteiger partial charge in [-0.3, -0.25) is 24.5 Å². The van der Waals surface area contributed by atoms with Crippen LogP contribution in [0.25, 0.3) is 0 Å². The number of esters is 1. The summed E-state index contributed by atoms with van der Waals surface area (Å²) >= 11 is 0. The van der Waals surface area contributed by atoms with Crippen molar-refractivity contribution < 1.29 is 28.8 Å². The second-order valence-corrected chi connectivity index (χ2v) is 6.75. The van der Waals surface area contributed by atoms with Gasteiger partial charge in [0.2, 0.25) is 0 Å². The van der Waals surface area contributed by atoms with Gasteiger partial charge in [-0.2, -0.15) is 0 Å². The lowest BCUT2D eigenvalue weighted by Gasteiger charge is -2.07. The van der Waals surface area contributed by atoms with Crippen LogP contribution in [0.15, 0.2) is 78.9 Å². The molecular formula is C24H19NO7. The number of Topliss-reactive ketones (excluding diaryl/α,β-unsaturated/α-hetero) is 2. The number of carbonyl (C=O) groups is 3. The number of ether oxygens (including phenoxy) is 2. The van der Waals surface area contributed by atoms with E-state index < -0.39 is 23.3 Å². The van der Waals surface area contributed by atoms with Crippen molar-refractivity contribution in [3.8, 4) is 11.5 Å². The van der Waals surface area contributed by atoms with Crippen molar-refractivity contribution in [2.75, 3.05) is 6.61 Å². The molecule has 3 aromatic carbocycles. The molecule has 0 aromatic heterocycles. The molecule has 0 aliphatic rings. The van der Waals surface area contributed by atoms with Gasteiger partial charge in [0.1, 0.15) is 11.5 Å². The summed E-state index contributed by atoms with van der Waals surface area (Å²) in [4.78, 5) is 46.3. The van der Waals surface area contributed by atoms with Crippen LogP contribution >= 0.6 is 0 Å². The lowest BCUT2D eigenvalue weighted by atomic mass is 10.1. The van der Waals surface area contributed by atoms with Crippen LogP contribution in [0.3, 0.4) is 0 Å². The van der Waals surface area contributed by atoms with Crippen LogP contribution in [0.5, 0.6) is 11.5 Å². The number of ketones is 2. The Morgan fingerprint density at radius 2 is 1.28 bits per heavy atom. The molecule has 0 radical (unpaired) electrons. The van der Waals surface area contributed by atoms with Crippen molar-refractivity contribution in [1.82, 2.24) is 0 Å². The first-order valence-corrected chi connectivity index (χ1v) is 9.72. The van der Waals surface area contributed by atoms with E-state index in [4.69, 9.17) is 9.47 Å². The second-order valence-electron chi connectivity index (χ2n) is 6.75. The third-order valence-electron chi connectivity index (χ3n) is 4.48. The smallest absolute Gasteiger partial charge is 0.306 e. The Labute approximate surface area is 183 Å². The highest BCUT2D eigenvalue weighted by Crippen LogP contribution is 2.24. The highest BCUT2D eigenvalue weighted by atomic mass is 16.6. The maximum Gasteiger partial charge on any atom is 0.306 e. The SMILES string of the molecule is O=C(CCC(=O)c1ccccc1)OCC(=O)c1ccc(Oc2ccc([N+](=O)[O-])cc2)cc1. The maximum atomic E-state index is 12.2. The van der Waals surface area contributed by atoms with Gasteiger partial charge < -0.3 is 9.47 Å². The normalized spacial score (nSPS) is 10.2. The molecule has 0 aliphatic carbocycles. The van der Waals surface area contributed by atoms with E-state index in [2.05, 4.69) is 0 Å². The molecule has 0 atom stereocenters. The zero-order chi connectivity index (χ0) is 22.9. The first-order chi connectivity index (χ1) is 15.4. The number of hydrogen-bond donors (Lipinski definition) is 0. The van der Waals surface area contributed by atoms with Crippen LogP contribution in [0.4, 0.5) is 5.69 Å². The van der Waals surface area contributed by atoms with Gasteiger partial charge in [0.05, 0.1) is 11.3 Å². The molecule has 0 saturated heterocycles. The number of nitro benzene ring substituents is 1. The van der Waals surface area contributed by atoms with Gasteiger partial charge in [0, 0.05) is 29.7 Å². The van der Waals surface area contributed by atoms with E-state index in [1.165, 1.54) is 36.4 Å². The molecule has 0 spiro atoms. The zero-order valence-electron chi connectivity index (χ0n) is 16.9. The van der Waals surface area contributed by atoms with Crippen molar-refractivity contribution >= 4 is 23.2 Å². The van der Waals surface area contributed by atoms with E-state index in [0.717, 1.165) is 0 Å². The molecule has 32 heavy (non-hydrogen) atoms. The topological polar surface area (TPSA) is 113 Å². The summed E-state index contributed by atoms with van der Waals surface area (Å²) in [5.41, 5.74) is 0.805. The lowest BCUT2D eigenvalue weighted by Crippen LogP contribution is -2.15. The molecule has 3 aromatic rings. The number of carbonyl (C=O) groups excluding carboxylic acids is 3. The summed E-state index contributed by atoms with van der Waals surface area (Å²) in [6, 6.07) is 20.4. The van der Waals surface area contributed by atoms with Crippen LogP contribution in [-0.4, -0.2) is 29.1 Å². The maximum absolute atomic E-state index is 12.2. The Kier molecular flexibility index (Phi) is 7.42. The fourth-order valence-electron chi connectivity index (χ4n) is 2.77. The summed E-state index contributed by atoms with van der Waals surface area (Å²) < 4.78 is 10.6. The summed E-state index contributed by atoms with van der Waals surface area (Å²) in [5.74, 6) is -0.339. The summed E-state index contributed by atoms with van der Waals surface area (Å²) in [5, 5.41) is 10.7. The molecule has 0 aliphatic heterocycles. The fourth-order valence-corrected chi connectivity index (χ4v) is 2.77. The molecule has 0 unspecified atom stereocenters. The minimum atomic E-state index is -0.624. The van der Waals surface area contributed by atoms with E-state index in [1.807, 2.05) is 0 Å². The molecular weight excluding hydrogens is 414 g/mol. The number of hydrogen-bond acceptors (Lipinski definition) is 7. The number of non-ortho nitro benzene ring substituents is 1. The van der Waals surface area contributed by atoms with E-state index in [-0.39, 0.29) is 24.3 Å². The molecule has 3 rings (SSSR count). The largest absolute Gasteiger partial charge is 0.457 e. The van der Waals surface area contributed by atoms with Gasteiger partial charge in [-0.25, -0.2) is 0 Å². The third-order valence-corrected chi connectivity index (χ3v) is 4.48. The minimum absolute atomic E-state index is 0.00567. The Bertz CT molecular complexity index is 1110. The standard InChI is InChI=1S/C24H19NO7/c26-22(17-4-2-1-3-5-17)14-15-24(28)31-16-23(27)18-6-10-20(11-7-18)32-21-12-8-19(9-13-21)25(29)30/h1-13H,14-16H2. The van der Waals surface area contributed by atoms with Gasteiger partial charge in [-0.1, -0.05) is 30.3 Å². The predicted molar refractivity (Wildman–Crippen MR) is 115 cm³/mol. The Morgan fingerprint density at radius 1 is 0.719 bits per heavy atom. The summed E-state index contributed by atoms with van der Waals surface area (Å²) in [6.07, 6.45) is -0.102. The van der Waals surface area contributed by atoms with Crippen LogP contribution in [-0.2, 0) is 9.53 Å². The van der Waals surface area contributed by atoms with Gasteiger partial charge in [-0.15, -0.1) is 0 Å². The van der Waals surface area contributed by atoms with Crippen molar-refractivity contribution in [2.45, 2.75) is 12.8 Å². The molecule has 162 valence electrons. The quantitative estimate of drug-likeness (QED) is 0.196. The minimum Gasteiger partial charge on any atom is -0.457 e. The predicted octanol–water partition coefficient (Wildman–Crippen LogP) is 4.78. The van der Waals surface area contributed by atoms with Crippen LogP contribution < -0.4 is 4.74 Å². The molecule has 0 amide bonds. The van der Waals surface area contributed by atoms with E-state index in [0.29, 0.717) is 22.6 Å². The number of benzene rings is 3. The number of nitrogens with zero attached hydrogens (tertiary/aromatic N) is 1. The summed E-state index contributed by atoms with van der Waals surface area (Å²) in [7, 11) is 0. The van der Waals surface area contributed by atoms with Crippen LogP contribution in [0.2, 0.25) is 0 Å². The van der Waals surface area contributed by atoms with Gasteiger partial charge >= 0.3 is 5.97 Å². The molecule has 8 nitrogen and oxygen atoms in total. The molecule has 0 N–H and O–H groups in total. The van der Waals surface area contributed by atoms with Crippen molar-refractivity contribution in [3.63, 3.8) is 0 Å². The highest BCUT2D eigenvalue weighted by molar-refractivity contribution is 5.99. The van der Waals surface area contributed by atoms with Crippen molar-refractivity contribution in [1.29, 1.82) is 0 Å². The number of nitro groups is 1.